The molecule has 1 aliphatic heterocycles. The van der Waals surface area contributed by atoms with Gasteiger partial charge in [-0.3, -0.25) is 0 Å². The highest BCUT2D eigenvalue weighted by Gasteiger charge is 2.15. The fourth-order valence-electron chi connectivity index (χ4n) is 2.27. The van der Waals surface area contributed by atoms with Gasteiger partial charge in [0.15, 0.2) is 11.6 Å². The highest BCUT2D eigenvalue weighted by molar-refractivity contribution is 5.28. The van der Waals surface area contributed by atoms with Crippen molar-refractivity contribution < 1.29 is 8.78 Å². The summed E-state index contributed by atoms with van der Waals surface area (Å²) in [6.07, 6.45) is 4.36. The Morgan fingerprint density at radius 2 is 2.00 bits per heavy atom. The molecule has 1 aliphatic rings. The van der Waals surface area contributed by atoms with E-state index < -0.39 is 11.6 Å². The van der Waals surface area contributed by atoms with Gasteiger partial charge in [0.2, 0.25) is 0 Å². The van der Waals surface area contributed by atoms with E-state index in [-0.39, 0.29) is 0 Å². The molecule has 1 nitrogen and oxygen atoms in total. The number of nitrogens with one attached hydrogen (secondary N) is 1. The highest BCUT2D eigenvalue weighted by atomic mass is 19.2. The number of rotatable bonds is 2. The van der Waals surface area contributed by atoms with Crippen molar-refractivity contribution in [3.63, 3.8) is 0 Å². The van der Waals surface area contributed by atoms with Crippen molar-refractivity contribution in [1.29, 1.82) is 0 Å². The molecule has 0 saturated carbocycles. The Balaban J connectivity index is 2.11. The van der Waals surface area contributed by atoms with E-state index in [2.05, 4.69) is 5.32 Å². The fraction of sp³-hybridized carbons (Fsp3) is 0.538. The molecule has 3 heteroatoms. The summed E-state index contributed by atoms with van der Waals surface area (Å²) in [4.78, 5) is 0. The van der Waals surface area contributed by atoms with Crippen LogP contribution in [0.15, 0.2) is 12.1 Å². The van der Waals surface area contributed by atoms with Gasteiger partial charge >= 0.3 is 0 Å². The van der Waals surface area contributed by atoms with E-state index in [1.54, 1.807) is 0 Å². The molecule has 0 bridgehead atoms. The molecule has 1 saturated heterocycles. The van der Waals surface area contributed by atoms with Crippen LogP contribution in [0.3, 0.4) is 0 Å². The number of benzene rings is 1. The largest absolute Gasteiger partial charge is 0.314 e. The van der Waals surface area contributed by atoms with Crippen LogP contribution >= 0.6 is 0 Å². The molecule has 0 radical (unpaired) electrons. The first-order valence-electron chi connectivity index (χ1n) is 5.84. The predicted molar refractivity (Wildman–Crippen MR) is 60.4 cm³/mol. The van der Waals surface area contributed by atoms with Gasteiger partial charge in [-0.1, -0.05) is 6.42 Å². The molecular weight excluding hydrogens is 208 g/mol. The average molecular weight is 225 g/mol. The van der Waals surface area contributed by atoms with Crippen LogP contribution < -0.4 is 5.32 Å². The van der Waals surface area contributed by atoms with Gasteiger partial charge in [-0.05, 0) is 56.0 Å². The van der Waals surface area contributed by atoms with Gasteiger partial charge in [-0.15, -0.1) is 0 Å². The smallest absolute Gasteiger partial charge is 0.159 e. The molecule has 1 atom stereocenters. The normalized spacial score (nSPS) is 21.1. The lowest BCUT2D eigenvalue weighted by molar-refractivity contribution is 0.398. The zero-order valence-electron chi connectivity index (χ0n) is 9.52. The Kier molecular flexibility index (Phi) is 3.54. The van der Waals surface area contributed by atoms with Crippen LogP contribution in [0.2, 0.25) is 0 Å². The summed E-state index contributed by atoms with van der Waals surface area (Å²) in [5.41, 5.74) is 1.75. The summed E-state index contributed by atoms with van der Waals surface area (Å²) < 4.78 is 26.1. The van der Waals surface area contributed by atoms with Crippen molar-refractivity contribution in [2.45, 2.75) is 38.6 Å². The van der Waals surface area contributed by atoms with Crippen LogP contribution in [0, 0.1) is 18.6 Å². The van der Waals surface area contributed by atoms with Gasteiger partial charge in [-0.2, -0.15) is 0 Å². The lowest BCUT2D eigenvalue weighted by Crippen LogP contribution is -2.35. The van der Waals surface area contributed by atoms with Crippen LogP contribution in [0.1, 0.15) is 30.4 Å². The molecule has 1 fully saturated rings. The monoisotopic (exact) mass is 225 g/mol. The summed E-state index contributed by atoms with van der Waals surface area (Å²) in [6, 6.07) is 3.03. The molecule has 1 aromatic rings. The second kappa shape index (κ2) is 4.91. The summed E-state index contributed by atoms with van der Waals surface area (Å²) in [5, 5.41) is 3.41. The Hall–Kier alpha value is -0.960. The van der Waals surface area contributed by atoms with Gasteiger partial charge in [0.05, 0.1) is 0 Å². The number of aryl methyl sites for hydroxylation is 1. The SMILES string of the molecule is Cc1cc(F)c(F)cc1CC1CCCCN1. The van der Waals surface area contributed by atoms with Crippen molar-refractivity contribution in [3.05, 3.63) is 34.9 Å². The third-order valence-electron chi connectivity index (χ3n) is 3.26. The molecule has 2 rings (SSSR count). The number of hydrogen-bond acceptors (Lipinski definition) is 1. The molecule has 1 heterocycles. The van der Waals surface area contributed by atoms with Gasteiger partial charge < -0.3 is 5.32 Å². The van der Waals surface area contributed by atoms with Gasteiger partial charge in [-0.25, -0.2) is 8.78 Å². The molecule has 1 N–H and O–H groups in total. The number of hydrogen-bond donors (Lipinski definition) is 1. The zero-order valence-corrected chi connectivity index (χ0v) is 9.52. The maximum Gasteiger partial charge on any atom is 0.159 e. The van der Waals surface area contributed by atoms with Crippen LogP contribution in [0.4, 0.5) is 8.78 Å². The van der Waals surface area contributed by atoms with Crippen LogP contribution in [0.5, 0.6) is 0 Å². The fourth-order valence-corrected chi connectivity index (χ4v) is 2.27. The molecule has 16 heavy (non-hydrogen) atoms. The Labute approximate surface area is 94.9 Å². The van der Waals surface area contributed by atoms with Gasteiger partial charge in [0.25, 0.3) is 0 Å². The second-order valence-electron chi connectivity index (χ2n) is 4.54. The minimum atomic E-state index is -0.752. The molecule has 0 spiro atoms. The van der Waals surface area contributed by atoms with Crippen molar-refractivity contribution in [3.8, 4) is 0 Å². The maximum absolute atomic E-state index is 13.1. The lowest BCUT2D eigenvalue weighted by Gasteiger charge is -2.24. The molecule has 0 amide bonds. The maximum atomic E-state index is 13.1. The van der Waals surface area contributed by atoms with Crippen molar-refractivity contribution in [1.82, 2.24) is 5.32 Å². The minimum absolute atomic E-state index is 0.414. The van der Waals surface area contributed by atoms with E-state index in [9.17, 15) is 8.78 Å². The van der Waals surface area contributed by atoms with E-state index in [0.717, 1.165) is 30.5 Å². The van der Waals surface area contributed by atoms with E-state index in [0.29, 0.717) is 6.04 Å². The summed E-state index contributed by atoms with van der Waals surface area (Å²) >= 11 is 0. The Morgan fingerprint density at radius 1 is 1.25 bits per heavy atom. The first kappa shape index (κ1) is 11.5. The average Bonchev–Trinajstić information content (AvgIpc) is 2.27. The van der Waals surface area contributed by atoms with E-state index in [1.807, 2.05) is 6.92 Å². The quantitative estimate of drug-likeness (QED) is 0.816. The molecule has 0 aromatic heterocycles. The van der Waals surface area contributed by atoms with Crippen LogP contribution in [-0.4, -0.2) is 12.6 Å². The molecule has 1 unspecified atom stereocenters. The van der Waals surface area contributed by atoms with Crippen molar-refractivity contribution in [2.75, 3.05) is 6.54 Å². The third kappa shape index (κ3) is 2.59. The summed E-state index contributed by atoms with van der Waals surface area (Å²) in [6.45, 7) is 2.87. The molecule has 88 valence electrons. The highest BCUT2D eigenvalue weighted by Crippen LogP contribution is 2.18. The third-order valence-corrected chi connectivity index (χ3v) is 3.26. The first-order valence-corrected chi connectivity index (χ1v) is 5.84. The minimum Gasteiger partial charge on any atom is -0.314 e. The summed E-state index contributed by atoms with van der Waals surface area (Å²) in [7, 11) is 0. The van der Waals surface area contributed by atoms with E-state index in [1.165, 1.54) is 25.0 Å². The van der Waals surface area contributed by atoms with Crippen LogP contribution in [-0.2, 0) is 6.42 Å². The standard InChI is InChI=1S/C13H17F2N/c1-9-6-12(14)13(15)8-10(9)7-11-4-2-3-5-16-11/h6,8,11,16H,2-5,7H2,1H3. The second-order valence-corrected chi connectivity index (χ2v) is 4.54. The van der Waals surface area contributed by atoms with E-state index >= 15 is 0 Å². The summed E-state index contributed by atoms with van der Waals surface area (Å²) in [5.74, 6) is -1.49. The van der Waals surface area contributed by atoms with Crippen molar-refractivity contribution in [2.24, 2.45) is 0 Å². The first-order chi connectivity index (χ1) is 7.66. The number of piperidine rings is 1. The number of halogens is 2. The van der Waals surface area contributed by atoms with Crippen LogP contribution in [0.25, 0.3) is 0 Å². The topological polar surface area (TPSA) is 12.0 Å². The molecule has 0 aliphatic carbocycles. The van der Waals surface area contributed by atoms with Gasteiger partial charge in [0.1, 0.15) is 0 Å². The predicted octanol–water partition coefficient (Wildman–Crippen LogP) is 2.96. The Morgan fingerprint density at radius 3 is 2.69 bits per heavy atom. The van der Waals surface area contributed by atoms with Gasteiger partial charge in [0, 0.05) is 6.04 Å². The lowest BCUT2D eigenvalue weighted by atomic mass is 9.95. The zero-order chi connectivity index (χ0) is 11.5. The Bertz CT molecular complexity index is 370. The molecule has 1 aromatic carbocycles. The molecular formula is C13H17F2N. The van der Waals surface area contributed by atoms with E-state index in [4.69, 9.17) is 0 Å². The van der Waals surface area contributed by atoms with Crippen molar-refractivity contribution >= 4 is 0 Å².